The molecule has 0 unspecified atom stereocenters. The lowest BCUT2D eigenvalue weighted by Gasteiger charge is -2.19. The minimum absolute atomic E-state index is 0.0606. The smallest absolute Gasteiger partial charge is 0.407 e. The Morgan fingerprint density at radius 2 is 2.07 bits per heavy atom. The van der Waals surface area contributed by atoms with Gasteiger partial charge in [0.2, 0.25) is 0 Å². The van der Waals surface area contributed by atoms with Gasteiger partial charge in [0.15, 0.2) is 0 Å². The summed E-state index contributed by atoms with van der Waals surface area (Å²) in [7, 11) is 0. The maximum absolute atomic E-state index is 11.2. The fourth-order valence-electron chi connectivity index (χ4n) is 0.997. The lowest BCUT2D eigenvalue weighted by atomic mass is 10.1. The number of ether oxygens (including phenoxy) is 1. The Labute approximate surface area is 91.4 Å². The van der Waals surface area contributed by atoms with Crippen molar-refractivity contribution in [2.75, 3.05) is 6.54 Å². The standard InChI is InChI=1S/C11H21NO3/c1-9(8-13)6-5-7-12-10(14)15-11(2,3)4/h8-9H,5-7H2,1-4H3,(H,12,14)/t9-/m0/s1. The summed E-state index contributed by atoms with van der Waals surface area (Å²) in [5.41, 5.74) is -0.458. The second-order valence-electron chi connectivity index (χ2n) is 4.68. The molecule has 0 radical (unpaired) electrons. The molecular formula is C11H21NO3. The van der Waals surface area contributed by atoms with Crippen molar-refractivity contribution < 1.29 is 14.3 Å². The largest absolute Gasteiger partial charge is 0.444 e. The van der Waals surface area contributed by atoms with Crippen LogP contribution in [-0.2, 0) is 9.53 Å². The summed E-state index contributed by atoms with van der Waals surface area (Å²) in [6.45, 7) is 7.87. The number of aldehydes is 1. The van der Waals surface area contributed by atoms with Gasteiger partial charge >= 0.3 is 6.09 Å². The maximum atomic E-state index is 11.2. The van der Waals surface area contributed by atoms with E-state index in [2.05, 4.69) is 5.32 Å². The Morgan fingerprint density at radius 1 is 1.47 bits per heavy atom. The van der Waals surface area contributed by atoms with E-state index < -0.39 is 11.7 Å². The van der Waals surface area contributed by atoms with E-state index in [-0.39, 0.29) is 5.92 Å². The topological polar surface area (TPSA) is 55.4 Å². The van der Waals surface area contributed by atoms with Crippen LogP contribution in [0.5, 0.6) is 0 Å². The van der Waals surface area contributed by atoms with Gasteiger partial charge in [0.1, 0.15) is 11.9 Å². The van der Waals surface area contributed by atoms with Crippen molar-refractivity contribution in [2.45, 2.75) is 46.1 Å². The van der Waals surface area contributed by atoms with Crippen LogP contribution in [0, 0.1) is 5.92 Å². The molecule has 0 saturated carbocycles. The normalized spacial score (nSPS) is 13.1. The molecule has 0 rings (SSSR count). The summed E-state index contributed by atoms with van der Waals surface area (Å²) in [5.74, 6) is 0.0606. The molecule has 4 heteroatoms. The van der Waals surface area contributed by atoms with E-state index in [1.165, 1.54) is 0 Å². The molecule has 0 aliphatic rings. The van der Waals surface area contributed by atoms with Crippen molar-refractivity contribution in [1.82, 2.24) is 5.32 Å². The third-order valence-electron chi connectivity index (χ3n) is 1.74. The Bertz CT molecular complexity index is 208. The van der Waals surface area contributed by atoms with Gasteiger partial charge in [-0.1, -0.05) is 6.92 Å². The first-order valence-electron chi connectivity index (χ1n) is 5.27. The van der Waals surface area contributed by atoms with Gasteiger partial charge in [0, 0.05) is 12.5 Å². The van der Waals surface area contributed by atoms with E-state index in [4.69, 9.17) is 4.74 Å². The number of carbonyl (C=O) groups excluding carboxylic acids is 2. The Hall–Kier alpha value is -1.06. The summed E-state index contributed by atoms with van der Waals surface area (Å²) in [6, 6.07) is 0. The monoisotopic (exact) mass is 215 g/mol. The number of hydrogen-bond acceptors (Lipinski definition) is 3. The number of amides is 1. The van der Waals surface area contributed by atoms with Crippen LogP contribution in [-0.4, -0.2) is 24.5 Å². The van der Waals surface area contributed by atoms with Crippen LogP contribution in [0.3, 0.4) is 0 Å². The summed E-state index contributed by atoms with van der Waals surface area (Å²) < 4.78 is 5.05. The van der Waals surface area contributed by atoms with Gasteiger partial charge in [-0.25, -0.2) is 4.79 Å². The van der Waals surface area contributed by atoms with Crippen LogP contribution >= 0.6 is 0 Å². The van der Waals surface area contributed by atoms with E-state index in [0.717, 1.165) is 19.1 Å². The predicted molar refractivity (Wildman–Crippen MR) is 58.7 cm³/mol. The molecule has 0 saturated heterocycles. The highest BCUT2D eigenvalue weighted by molar-refractivity contribution is 5.67. The van der Waals surface area contributed by atoms with Crippen LogP contribution in [0.4, 0.5) is 4.79 Å². The van der Waals surface area contributed by atoms with Crippen molar-refractivity contribution in [2.24, 2.45) is 5.92 Å². The lowest BCUT2D eigenvalue weighted by Crippen LogP contribution is -2.33. The zero-order valence-electron chi connectivity index (χ0n) is 10.0. The van der Waals surface area contributed by atoms with Gasteiger partial charge in [-0.15, -0.1) is 0 Å². The van der Waals surface area contributed by atoms with Gasteiger partial charge in [0.05, 0.1) is 0 Å². The van der Waals surface area contributed by atoms with Gasteiger partial charge in [-0.2, -0.15) is 0 Å². The van der Waals surface area contributed by atoms with E-state index in [0.29, 0.717) is 6.54 Å². The highest BCUT2D eigenvalue weighted by Gasteiger charge is 2.15. The molecule has 1 atom stereocenters. The second-order valence-corrected chi connectivity index (χ2v) is 4.68. The van der Waals surface area contributed by atoms with Crippen molar-refractivity contribution in [3.05, 3.63) is 0 Å². The van der Waals surface area contributed by atoms with Gasteiger partial charge in [-0.3, -0.25) is 0 Å². The molecular weight excluding hydrogens is 194 g/mol. The molecule has 0 fully saturated rings. The minimum Gasteiger partial charge on any atom is -0.444 e. The SMILES string of the molecule is C[C@H](C=O)CCCNC(=O)OC(C)(C)C. The number of rotatable bonds is 5. The molecule has 0 aliphatic heterocycles. The molecule has 15 heavy (non-hydrogen) atoms. The molecule has 0 aromatic rings. The van der Waals surface area contributed by atoms with E-state index in [1.54, 1.807) is 0 Å². The average Bonchev–Trinajstić information content (AvgIpc) is 2.09. The van der Waals surface area contributed by atoms with Crippen molar-refractivity contribution in [1.29, 1.82) is 0 Å². The zero-order valence-corrected chi connectivity index (χ0v) is 10.0. The molecule has 4 nitrogen and oxygen atoms in total. The second kappa shape index (κ2) is 6.43. The average molecular weight is 215 g/mol. The first-order chi connectivity index (χ1) is 6.85. The van der Waals surface area contributed by atoms with Crippen LogP contribution in [0.25, 0.3) is 0 Å². The third kappa shape index (κ3) is 9.25. The zero-order chi connectivity index (χ0) is 11.9. The summed E-state index contributed by atoms with van der Waals surface area (Å²) in [4.78, 5) is 21.5. The van der Waals surface area contributed by atoms with Gasteiger partial charge in [0.25, 0.3) is 0 Å². The molecule has 0 bridgehead atoms. The summed E-state index contributed by atoms with van der Waals surface area (Å²) >= 11 is 0. The van der Waals surface area contributed by atoms with E-state index >= 15 is 0 Å². The fourth-order valence-corrected chi connectivity index (χ4v) is 0.997. The molecule has 88 valence electrons. The Kier molecular flexibility index (Phi) is 5.97. The van der Waals surface area contributed by atoms with Crippen molar-refractivity contribution in [3.63, 3.8) is 0 Å². The van der Waals surface area contributed by atoms with Crippen LogP contribution in [0.1, 0.15) is 40.5 Å². The quantitative estimate of drug-likeness (QED) is 0.564. The molecule has 1 amide bonds. The van der Waals surface area contributed by atoms with Gasteiger partial charge in [-0.05, 0) is 33.6 Å². The molecule has 1 N–H and O–H groups in total. The molecule has 0 heterocycles. The fraction of sp³-hybridized carbons (Fsp3) is 0.818. The van der Waals surface area contributed by atoms with E-state index in [9.17, 15) is 9.59 Å². The third-order valence-corrected chi connectivity index (χ3v) is 1.74. The Morgan fingerprint density at radius 3 is 2.53 bits per heavy atom. The van der Waals surface area contributed by atoms with Crippen molar-refractivity contribution in [3.8, 4) is 0 Å². The maximum Gasteiger partial charge on any atom is 0.407 e. The lowest BCUT2D eigenvalue weighted by molar-refractivity contribution is -0.110. The van der Waals surface area contributed by atoms with Gasteiger partial charge < -0.3 is 14.8 Å². The molecule has 0 aliphatic carbocycles. The van der Waals surface area contributed by atoms with Crippen molar-refractivity contribution >= 4 is 12.4 Å². The molecule has 0 aromatic carbocycles. The highest BCUT2D eigenvalue weighted by Crippen LogP contribution is 2.06. The number of nitrogens with one attached hydrogen (secondary N) is 1. The molecule has 0 spiro atoms. The van der Waals surface area contributed by atoms with Crippen LogP contribution in [0.15, 0.2) is 0 Å². The van der Waals surface area contributed by atoms with E-state index in [1.807, 2.05) is 27.7 Å². The number of alkyl carbamates (subject to hydrolysis) is 1. The highest BCUT2D eigenvalue weighted by atomic mass is 16.6. The minimum atomic E-state index is -0.458. The Balaban J connectivity index is 3.52. The molecule has 0 aromatic heterocycles. The number of carbonyl (C=O) groups is 2. The summed E-state index contributed by atoms with van der Waals surface area (Å²) in [6.07, 6.45) is 2.10. The first kappa shape index (κ1) is 13.9. The number of hydrogen-bond donors (Lipinski definition) is 1. The predicted octanol–water partition coefficient (Wildman–Crippen LogP) is 2.13. The first-order valence-corrected chi connectivity index (χ1v) is 5.27. The van der Waals surface area contributed by atoms with Crippen LogP contribution in [0.2, 0.25) is 0 Å². The van der Waals surface area contributed by atoms with Crippen LogP contribution < -0.4 is 5.32 Å². The summed E-state index contributed by atoms with van der Waals surface area (Å²) in [5, 5.41) is 2.64.